The second-order valence-electron chi connectivity index (χ2n) is 6.86. The van der Waals surface area contributed by atoms with Crippen molar-refractivity contribution >= 4 is 29.1 Å². The lowest BCUT2D eigenvalue weighted by atomic mass is 10.00. The van der Waals surface area contributed by atoms with Crippen molar-refractivity contribution in [1.82, 2.24) is 10.6 Å². The largest absolute Gasteiger partial charge is 0.504 e. The van der Waals surface area contributed by atoms with Crippen molar-refractivity contribution in [2.24, 2.45) is 0 Å². The molecule has 0 bridgehead atoms. The second kappa shape index (κ2) is 9.64. The first-order valence-corrected chi connectivity index (χ1v) is 9.63. The van der Waals surface area contributed by atoms with Crippen LogP contribution in [-0.4, -0.2) is 47.3 Å². The summed E-state index contributed by atoms with van der Waals surface area (Å²) in [4.78, 5) is 24.4. The van der Waals surface area contributed by atoms with Crippen LogP contribution in [0.3, 0.4) is 0 Å². The summed E-state index contributed by atoms with van der Waals surface area (Å²) in [6, 6.07) is 7.31. The van der Waals surface area contributed by atoms with E-state index in [1.165, 1.54) is 30.3 Å². The summed E-state index contributed by atoms with van der Waals surface area (Å²) in [7, 11) is 0. The van der Waals surface area contributed by atoms with Gasteiger partial charge < -0.3 is 30.9 Å². The normalized spacial score (nSPS) is 18.5. The minimum Gasteiger partial charge on any atom is -0.504 e. The molecule has 2 aromatic rings. The Bertz CT molecular complexity index is 935. The van der Waals surface area contributed by atoms with Crippen LogP contribution in [-0.2, 0) is 9.59 Å². The van der Waals surface area contributed by atoms with E-state index in [2.05, 4.69) is 16.0 Å². The minimum atomic E-state index is -0.627. The number of phenolic OH excluding ortho intramolecular Hbond substituents is 2. The van der Waals surface area contributed by atoms with E-state index in [-0.39, 0.29) is 46.7 Å². The first-order valence-electron chi connectivity index (χ1n) is 9.25. The van der Waals surface area contributed by atoms with Crippen molar-refractivity contribution in [1.29, 1.82) is 0 Å². The van der Waals surface area contributed by atoms with Crippen molar-refractivity contribution in [2.75, 3.05) is 18.5 Å². The van der Waals surface area contributed by atoms with Crippen molar-refractivity contribution in [3.8, 4) is 17.2 Å². The van der Waals surface area contributed by atoms with Gasteiger partial charge in [0.25, 0.3) is 5.91 Å². The van der Waals surface area contributed by atoms with Crippen LogP contribution in [0.2, 0.25) is 5.02 Å². The molecule has 1 unspecified atom stereocenters. The second-order valence-corrected chi connectivity index (χ2v) is 7.27. The number of carbonyl (C=O) groups is 2. The van der Waals surface area contributed by atoms with Crippen molar-refractivity contribution in [3.63, 3.8) is 0 Å². The van der Waals surface area contributed by atoms with Crippen LogP contribution in [0.15, 0.2) is 36.4 Å². The number of halogens is 2. The summed E-state index contributed by atoms with van der Waals surface area (Å²) in [6.07, 6.45) is 1.07. The van der Waals surface area contributed by atoms with Crippen LogP contribution in [0.1, 0.15) is 12.8 Å². The average Bonchev–Trinajstić information content (AvgIpc) is 2.72. The van der Waals surface area contributed by atoms with Crippen LogP contribution in [0.25, 0.3) is 0 Å². The third-order valence-corrected chi connectivity index (χ3v) is 4.91. The molecular formula is C20H21ClFN3O5. The molecule has 1 heterocycles. The number of amides is 2. The van der Waals surface area contributed by atoms with E-state index < -0.39 is 11.9 Å². The summed E-state index contributed by atoms with van der Waals surface area (Å²) >= 11 is 5.60. The lowest BCUT2D eigenvalue weighted by Gasteiger charge is -2.29. The van der Waals surface area contributed by atoms with Gasteiger partial charge in [0.05, 0.1) is 11.1 Å². The quantitative estimate of drug-likeness (QED) is 0.349. The summed E-state index contributed by atoms with van der Waals surface area (Å²) in [6.45, 7) is 0.117. The fourth-order valence-electron chi connectivity index (χ4n) is 3.02. The van der Waals surface area contributed by atoms with Gasteiger partial charge in [-0.2, -0.15) is 0 Å². The lowest BCUT2D eigenvalue weighted by molar-refractivity contribution is -0.124. The molecule has 2 aromatic carbocycles. The van der Waals surface area contributed by atoms with Crippen molar-refractivity contribution < 1.29 is 28.9 Å². The zero-order valence-corrected chi connectivity index (χ0v) is 16.6. The number of rotatable bonds is 6. The van der Waals surface area contributed by atoms with Gasteiger partial charge in [-0.25, -0.2) is 4.39 Å². The Balaban J connectivity index is 1.41. The topological polar surface area (TPSA) is 120 Å². The number of hydrogen-bond acceptors (Lipinski definition) is 6. The minimum absolute atomic E-state index is 0.0270. The van der Waals surface area contributed by atoms with Gasteiger partial charge in [0.2, 0.25) is 5.91 Å². The van der Waals surface area contributed by atoms with Crippen LogP contribution in [0, 0.1) is 5.82 Å². The van der Waals surface area contributed by atoms with E-state index in [0.29, 0.717) is 25.1 Å². The SMILES string of the molecule is O=C(COc1ccc(Cl)c(F)c1)NC1CC[C@H](C(=O)Nc2ccc(O)c(O)c2)NC1. The van der Waals surface area contributed by atoms with Crippen LogP contribution in [0.4, 0.5) is 10.1 Å². The number of carbonyl (C=O) groups excluding carboxylic acids is 2. The summed E-state index contributed by atoms with van der Waals surface area (Å²) in [5, 5.41) is 27.3. The molecule has 0 saturated carbocycles. The van der Waals surface area contributed by atoms with E-state index in [0.717, 1.165) is 6.07 Å². The average molecular weight is 438 g/mol. The maximum atomic E-state index is 13.4. The molecule has 8 nitrogen and oxygen atoms in total. The van der Waals surface area contributed by atoms with Gasteiger partial charge in [-0.1, -0.05) is 11.6 Å². The summed E-state index contributed by atoms with van der Waals surface area (Å²) < 4.78 is 18.6. The Morgan fingerprint density at radius 1 is 1.17 bits per heavy atom. The maximum Gasteiger partial charge on any atom is 0.258 e. The van der Waals surface area contributed by atoms with Crippen LogP contribution < -0.4 is 20.7 Å². The Labute approximate surface area is 177 Å². The number of benzene rings is 2. The molecular weight excluding hydrogens is 417 g/mol. The van der Waals surface area contributed by atoms with Crippen LogP contribution in [0.5, 0.6) is 17.2 Å². The molecule has 1 aliphatic heterocycles. The molecule has 0 radical (unpaired) electrons. The fraction of sp³-hybridized carbons (Fsp3) is 0.300. The third kappa shape index (κ3) is 5.74. The van der Waals surface area contributed by atoms with Gasteiger partial charge in [-0.3, -0.25) is 9.59 Å². The Morgan fingerprint density at radius 2 is 1.97 bits per heavy atom. The van der Waals surface area contributed by atoms with Gasteiger partial charge in [-0.05, 0) is 37.1 Å². The molecule has 0 aliphatic carbocycles. The van der Waals surface area contributed by atoms with Gasteiger partial charge >= 0.3 is 0 Å². The highest BCUT2D eigenvalue weighted by Gasteiger charge is 2.26. The summed E-state index contributed by atoms with van der Waals surface area (Å²) in [5.74, 6) is -1.66. The van der Waals surface area contributed by atoms with Gasteiger partial charge in [0.1, 0.15) is 11.6 Å². The highest BCUT2D eigenvalue weighted by molar-refractivity contribution is 6.30. The number of ether oxygens (including phenoxy) is 1. The highest BCUT2D eigenvalue weighted by atomic mass is 35.5. The standard InChI is InChI=1S/C20H21ClFN3O5/c21-14-4-3-13(8-15(14)22)30-10-19(28)24-12-1-5-16(23-9-12)20(29)25-11-2-6-17(26)18(27)7-11/h2-4,6-8,12,16,23,26-27H,1,5,9-10H2,(H,24,28)(H,25,29)/t12?,16-/m1/s1. The molecule has 1 saturated heterocycles. The third-order valence-electron chi connectivity index (χ3n) is 4.60. The molecule has 160 valence electrons. The summed E-state index contributed by atoms with van der Waals surface area (Å²) in [5.41, 5.74) is 0.364. The van der Waals surface area contributed by atoms with E-state index in [9.17, 15) is 24.2 Å². The number of anilines is 1. The van der Waals surface area contributed by atoms with E-state index in [4.69, 9.17) is 16.3 Å². The molecule has 0 aromatic heterocycles. The number of hydrogen-bond donors (Lipinski definition) is 5. The fourth-order valence-corrected chi connectivity index (χ4v) is 3.14. The van der Waals surface area contributed by atoms with Gasteiger partial charge in [0, 0.05) is 30.4 Å². The van der Waals surface area contributed by atoms with E-state index >= 15 is 0 Å². The van der Waals surface area contributed by atoms with Gasteiger partial charge in [0.15, 0.2) is 18.1 Å². The molecule has 1 fully saturated rings. The molecule has 2 amide bonds. The predicted molar refractivity (Wildman–Crippen MR) is 108 cm³/mol. The Morgan fingerprint density at radius 3 is 2.63 bits per heavy atom. The highest BCUT2D eigenvalue weighted by Crippen LogP contribution is 2.27. The molecule has 5 N–H and O–H groups in total. The molecule has 1 aliphatic rings. The molecule has 3 rings (SSSR count). The maximum absolute atomic E-state index is 13.4. The van der Waals surface area contributed by atoms with E-state index in [1.807, 2.05) is 0 Å². The first kappa shape index (κ1) is 21.7. The number of phenols is 2. The molecule has 2 atom stereocenters. The van der Waals surface area contributed by atoms with Gasteiger partial charge in [-0.15, -0.1) is 0 Å². The van der Waals surface area contributed by atoms with E-state index in [1.54, 1.807) is 0 Å². The monoisotopic (exact) mass is 437 g/mol. The zero-order valence-electron chi connectivity index (χ0n) is 15.8. The predicted octanol–water partition coefficient (Wildman–Crippen LogP) is 2.14. The van der Waals surface area contributed by atoms with Crippen molar-refractivity contribution in [2.45, 2.75) is 24.9 Å². The smallest absolute Gasteiger partial charge is 0.258 e. The Kier molecular flexibility index (Phi) is 6.96. The van der Waals surface area contributed by atoms with Crippen LogP contribution >= 0.6 is 11.6 Å². The lowest BCUT2D eigenvalue weighted by Crippen LogP contribution is -2.53. The zero-order chi connectivity index (χ0) is 21.7. The van der Waals surface area contributed by atoms with Crippen molar-refractivity contribution in [3.05, 3.63) is 47.2 Å². The molecule has 30 heavy (non-hydrogen) atoms. The number of aromatic hydroxyl groups is 2. The molecule has 10 heteroatoms. The Hall–Kier alpha value is -3.04. The number of piperidine rings is 1. The molecule has 0 spiro atoms. The number of nitrogens with one attached hydrogen (secondary N) is 3. The first-order chi connectivity index (χ1) is 14.3.